The molecule has 0 spiro atoms. The first-order valence-corrected chi connectivity index (χ1v) is 8.56. The zero-order valence-corrected chi connectivity index (χ0v) is 14.0. The Morgan fingerprint density at radius 1 is 1.16 bits per heavy atom. The van der Waals surface area contributed by atoms with E-state index in [1.807, 2.05) is 23.1 Å². The van der Waals surface area contributed by atoms with Crippen molar-refractivity contribution < 1.29 is 9.53 Å². The Kier molecular flexibility index (Phi) is 3.99. The number of aryl methyl sites for hydroxylation is 1. The zero-order valence-electron chi connectivity index (χ0n) is 14.0. The number of hydrogen-bond donors (Lipinski definition) is 0. The molecular formula is C18H20N4O3. The van der Waals surface area contributed by atoms with Crippen molar-refractivity contribution in [3.8, 4) is 5.88 Å². The number of ether oxygens (including phenoxy) is 1. The third-order valence-electron chi connectivity index (χ3n) is 5.03. The normalized spacial score (nSPS) is 25.0. The Hall–Kier alpha value is -2.70. The highest BCUT2D eigenvalue weighted by Crippen LogP contribution is 2.37. The second kappa shape index (κ2) is 6.31. The van der Waals surface area contributed by atoms with Crippen LogP contribution in [0, 0.1) is 0 Å². The molecule has 0 aromatic carbocycles. The highest BCUT2D eigenvalue weighted by molar-refractivity contribution is 5.92. The minimum Gasteiger partial charge on any atom is -0.474 e. The highest BCUT2D eigenvalue weighted by atomic mass is 16.5. The molecule has 2 aliphatic heterocycles. The number of pyridine rings is 1. The predicted octanol–water partition coefficient (Wildman–Crippen LogP) is 1.39. The van der Waals surface area contributed by atoms with Crippen LogP contribution in [-0.2, 0) is 7.05 Å². The van der Waals surface area contributed by atoms with Gasteiger partial charge >= 0.3 is 0 Å². The van der Waals surface area contributed by atoms with E-state index < -0.39 is 0 Å². The summed E-state index contributed by atoms with van der Waals surface area (Å²) in [5, 5.41) is 4.10. The number of fused-ring (bicyclic) bond motifs is 2. The monoisotopic (exact) mass is 340 g/mol. The molecule has 1 amide bonds. The lowest BCUT2D eigenvalue weighted by atomic mass is 9.99. The number of carbonyl (C=O) groups is 1. The molecule has 4 rings (SSSR count). The van der Waals surface area contributed by atoms with E-state index in [0.29, 0.717) is 11.6 Å². The molecule has 0 radical (unpaired) electrons. The Morgan fingerprint density at radius 2 is 1.92 bits per heavy atom. The molecule has 130 valence electrons. The second-order valence-corrected chi connectivity index (χ2v) is 6.66. The number of amides is 1. The number of aromatic nitrogens is 3. The van der Waals surface area contributed by atoms with Crippen molar-refractivity contribution in [2.45, 2.75) is 43.9 Å². The fourth-order valence-electron chi connectivity index (χ4n) is 3.89. The molecule has 0 saturated carbocycles. The summed E-state index contributed by atoms with van der Waals surface area (Å²) in [6.45, 7) is 0. The van der Waals surface area contributed by atoms with Crippen LogP contribution in [0.15, 0.2) is 41.3 Å². The zero-order chi connectivity index (χ0) is 17.4. The van der Waals surface area contributed by atoms with Crippen LogP contribution in [0.5, 0.6) is 5.88 Å². The van der Waals surface area contributed by atoms with E-state index in [9.17, 15) is 9.59 Å². The van der Waals surface area contributed by atoms with Crippen molar-refractivity contribution in [3.63, 3.8) is 0 Å². The van der Waals surface area contributed by atoms with Gasteiger partial charge in [-0.2, -0.15) is 5.10 Å². The van der Waals surface area contributed by atoms with Gasteiger partial charge in [0.25, 0.3) is 11.5 Å². The lowest BCUT2D eigenvalue weighted by Gasteiger charge is -2.38. The Morgan fingerprint density at radius 3 is 2.56 bits per heavy atom. The maximum atomic E-state index is 12.9. The average Bonchev–Trinajstić information content (AvgIpc) is 2.88. The molecule has 7 nitrogen and oxygen atoms in total. The summed E-state index contributed by atoms with van der Waals surface area (Å²) in [6, 6.07) is 8.82. The molecule has 2 unspecified atom stereocenters. The predicted molar refractivity (Wildman–Crippen MR) is 90.3 cm³/mol. The highest BCUT2D eigenvalue weighted by Gasteiger charge is 2.44. The van der Waals surface area contributed by atoms with Crippen LogP contribution < -0.4 is 10.3 Å². The van der Waals surface area contributed by atoms with Crippen molar-refractivity contribution in [1.29, 1.82) is 0 Å². The van der Waals surface area contributed by atoms with Gasteiger partial charge in [-0.1, -0.05) is 6.07 Å². The molecule has 2 atom stereocenters. The van der Waals surface area contributed by atoms with Gasteiger partial charge in [-0.05, 0) is 25.0 Å². The first-order valence-electron chi connectivity index (χ1n) is 8.56. The summed E-state index contributed by atoms with van der Waals surface area (Å²) >= 11 is 0. The van der Waals surface area contributed by atoms with E-state index >= 15 is 0 Å². The molecule has 2 saturated heterocycles. The Labute approximate surface area is 145 Å². The maximum absolute atomic E-state index is 12.9. The Balaban J connectivity index is 1.49. The summed E-state index contributed by atoms with van der Waals surface area (Å²) in [5.41, 5.74) is 0.102. The van der Waals surface area contributed by atoms with Gasteiger partial charge in [-0.15, -0.1) is 0 Å². The topological polar surface area (TPSA) is 77.3 Å². The molecule has 7 heteroatoms. The number of nitrogens with zero attached hydrogens (tertiary/aromatic N) is 4. The molecule has 2 fully saturated rings. The molecule has 2 aromatic heterocycles. The van der Waals surface area contributed by atoms with Crippen molar-refractivity contribution in [1.82, 2.24) is 19.7 Å². The summed E-state index contributed by atoms with van der Waals surface area (Å²) in [5.74, 6) is 0.533. The SMILES string of the molecule is Cn1nc(C(=O)N2C3CCC2CC(Oc2ccccn2)C3)ccc1=O. The van der Waals surface area contributed by atoms with Gasteiger partial charge in [0.2, 0.25) is 5.88 Å². The molecule has 25 heavy (non-hydrogen) atoms. The summed E-state index contributed by atoms with van der Waals surface area (Å²) in [4.78, 5) is 30.5. The van der Waals surface area contributed by atoms with Crippen molar-refractivity contribution in [3.05, 3.63) is 52.6 Å². The Bertz CT molecular complexity index is 822. The summed E-state index contributed by atoms with van der Waals surface area (Å²) in [7, 11) is 1.56. The molecule has 2 aromatic rings. The van der Waals surface area contributed by atoms with E-state index in [4.69, 9.17) is 4.74 Å². The summed E-state index contributed by atoms with van der Waals surface area (Å²) < 4.78 is 7.20. The number of rotatable bonds is 3. The number of hydrogen-bond acceptors (Lipinski definition) is 5. The van der Waals surface area contributed by atoms with Crippen molar-refractivity contribution in [2.75, 3.05) is 0 Å². The summed E-state index contributed by atoms with van der Waals surface area (Å²) in [6.07, 6.45) is 5.34. The van der Waals surface area contributed by atoms with E-state index in [-0.39, 0.29) is 29.7 Å². The lowest BCUT2D eigenvalue weighted by Crippen LogP contribution is -2.49. The molecule has 2 aliphatic rings. The molecule has 4 heterocycles. The van der Waals surface area contributed by atoms with Crippen LogP contribution in [0.3, 0.4) is 0 Å². The number of carbonyl (C=O) groups excluding carboxylic acids is 1. The first-order chi connectivity index (χ1) is 12.1. The number of piperidine rings is 1. The third kappa shape index (κ3) is 3.01. The van der Waals surface area contributed by atoms with Crippen LogP contribution in [-0.4, -0.2) is 43.8 Å². The largest absolute Gasteiger partial charge is 0.474 e. The van der Waals surface area contributed by atoms with Gasteiger partial charge in [0, 0.05) is 50.3 Å². The van der Waals surface area contributed by atoms with Gasteiger partial charge in [0.15, 0.2) is 0 Å². The third-order valence-corrected chi connectivity index (χ3v) is 5.03. The molecule has 0 N–H and O–H groups in total. The minimum atomic E-state index is -0.220. The first kappa shape index (κ1) is 15.8. The van der Waals surface area contributed by atoms with Crippen LogP contribution in [0.4, 0.5) is 0 Å². The van der Waals surface area contributed by atoms with E-state index in [0.717, 1.165) is 25.7 Å². The molecule has 0 aliphatic carbocycles. The van der Waals surface area contributed by atoms with Gasteiger partial charge in [-0.25, -0.2) is 9.67 Å². The fourth-order valence-corrected chi connectivity index (χ4v) is 3.89. The van der Waals surface area contributed by atoms with Gasteiger partial charge in [0.1, 0.15) is 11.8 Å². The molecular weight excluding hydrogens is 320 g/mol. The quantitative estimate of drug-likeness (QED) is 0.844. The standard InChI is InChI=1S/C18H20N4O3/c1-21-17(23)8-7-15(20-21)18(24)22-12-5-6-13(22)11-14(10-12)25-16-4-2-3-9-19-16/h2-4,7-9,12-14H,5-6,10-11H2,1H3. The van der Waals surface area contributed by atoms with Crippen LogP contribution in [0.1, 0.15) is 36.2 Å². The van der Waals surface area contributed by atoms with E-state index in [1.54, 1.807) is 13.2 Å². The van der Waals surface area contributed by atoms with E-state index in [2.05, 4.69) is 10.1 Å². The van der Waals surface area contributed by atoms with Crippen molar-refractivity contribution >= 4 is 5.91 Å². The van der Waals surface area contributed by atoms with Crippen molar-refractivity contribution in [2.24, 2.45) is 7.05 Å². The van der Waals surface area contributed by atoms with Crippen LogP contribution in [0.2, 0.25) is 0 Å². The van der Waals surface area contributed by atoms with Gasteiger partial charge in [0.05, 0.1) is 0 Å². The van der Waals surface area contributed by atoms with Crippen LogP contribution >= 0.6 is 0 Å². The second-order valence-electron chi connectivity index (χ2n) is 6.66. The lowest BCUT2D eigenvalue weighted by molar-refractivity contribution is 0.0341. The average molecular weight is 340 g/mol. The maximum Gasteiger partial charge on any atom is 0.274 e. The van der Waals surface area contributed by atoms with Crippen LogP contribution in [0.25, 0.3) is 0 Å². The fraction of sp³-hybridized carbons (Fsp3) is 0.444. The van der Waals surface area contributed by atoms with E-state index in [1.165, 1.54) is 16.8 Å². The minimum absolute atomic E-state index is 0.0736. The molecule has 2 bridgehead atoms. The van der Waals surface area contributed by atoms with Gasteiger partial charge in [-0.3, -0.25) is 9.59 Å². The van der Waals surface area contributed by atoms with Gasteiger partial charge < -0.3 is 9.64 Å². The smallest absolute Gasteiger partial charge is 0.274 e.